The van der Waals surface area contributed by atoms with Gasteiger partial charge in [-0.1, -0.05) is 19.1 Å². The third kappa shape index (κ3) is 7.16. The van der Waals surface area contributed by atoms with Crippen molar-refractivity contribution >= 4 is 17.8 Å². The number of aromatic nitrogens is 4. The third-order valence-electron chi connectivity index (χ3n) is 10.8. The first-order valence-corrected chi connectivity index (χ1v) is 17.6. The molecule has 0 spiro atoms. The van der Waals surface area contributed by atoms with Crippen LogP contribution in [-0.2, 0) is 9.53 Å². The summed E-state index contributed by atoms with van der Waals surface area (Å²) in [5.74, 6) is 4.42. The van der Waals surface area contributed by atoms with Gasteiger partial charge in [0.1, 0.15) is 24.0 Å². The molecular weight excluding hydrogens is 592 g/mol. The molecule has 0 N–H and O–H groups in total. The van der Waals surface area contributed by atoms with Crippen molar-refractivity contribution in [3.05, 3.63) is 59.8 Å². The van der Waals surface area contributed by atoms with Crippen molar-refractivity contribution in [2.24, 2.45) is 17.8 Å². The molecular formula is C37H48N6O4. The van der Waals surface area contributed by atoms with Crippen LogP contribution in [0.3, 0.4) is 0 Å². The Bertz CT molecular complexity index is 1560. The van der Waals surface area contributed by atoms with E-state index in [0.29, 0.717) is 61.7 Å². The van der Waals surface area contributed by atoms with Gasteiger partial charge in [0.15, 0.2) is 5.82 Å². The van der Waals surface area contributed by atoms with Crippen molar-refractivity contribution in [2.75, 3.05) is 31.6 Å². The number of hydrogen-bond acceptors (Lipinski definition) is 7. The molecule has 0 unspecified atom stereocenters. The molecule has 1 aliphatic heterocycles. The average molecular weight is 641 g/mol. The smallest absolute Gasteiger partial charge is 0.410 e. The van der Waals surface area contributed by atoms with Crippen molar-refractivity contribution in [1.82, 2.24) is 24.6 Å². The number of aryl methyl sites for hydroxylation is 1. The van der Waals surface area contributed by atoms with Crippen molar-refractivity contribution in [3.8, 4) is 11.4 Å². The van der Waals surface area contributed by atoms with Gasteiger partial charge in [0, 0.05) is 43.7 Å². The standard InChI is InChI=1S/C37H48N6O4/c1-24-20-41(21-24)37(45)47-32-13-10-29(11-14-32)36(44)42(34-19-31(16-17-38-34)43-23-39-35(40-43)28-8-9-28)22-26-4-6-27(7-5-26)30-12-15-33(46-3)25(2)18-30/h12,15-19,23-24,26-29,32H,4-11,13-14,20-22H2,1-3H3. The van der Waals surface area contributed by atoms with Gasteiger partial charge in [-0.3, -0.25) is 9.69 Å². The minimum absolute atomic E-state index is 0.120. The van der Waals surface area contributed by atoms with Crippen molar-refractivity contribution in [2.45, 2.75) is 96.0 Å². The monoisotopic (exact) mass is 640 g/mol. The molecule has 7 rings (SSSR count). The molecule has 47 heavy (non-hydrogen) atoms. The zero-order valence-corrected chi connectivity index (χ0v) is 28.0. The number of carbonyl (C=O) groups is 2. The van der Waals surface area contributed by atoms with Gasteiger partial charge >= 0.3 is 6.09 Å². The molecule has 3 saturated carbocycles. The molecule has 3 aromatic rings. The molecule has 10 heteroatoms. The number of amides is 2. The molecule has 0 radical (unpaired) electrons. The van der Waals surface area contributed by atoms with E-state index in [9.17, 15) is 9.59 Å². The van der Waals surface area contributed by atoms with Gasteiger partial charge in [-0.2, -0.15) is 5.10 Å². The van der Waals surface area contributed by atoms with Gasteiger partial charge in [0.2, 0.25) is 5.91 Å². The summed E-state index contributed by atoms with van der Waals surface area (Å²) < 4.78 is 13.1. The molecule has 2 amide bonds. The lowest BCUT2D eigenvalue weighted by molar-refractivity contribution is -0.124. The first-order chi connectivity index (χ1) is 22.8. The fraction of sp³-hybridized carbons (Fsp3) is 0.595. The Hall–Kier alpha value is -3.95. The fourth-order valence-electron chi connectivity index (χ4n) is 7.73. The molecule has 0 atom stereocenters. The number of pyridine rings is 1. The molecule has 10 nitrogen and oxygen atoms in total. The highest BCUT2D eigenvalue weighted by Gasteiger charge is 2.36. The predicted molar refractivity (Wildman–Crippen MR) is 179 cm³/mol. The number of carbonyl (C=O) groups excluding carboxylic acids is 2. The summed E-state index contributed by atoms with van der Waals surface area (Å²) in [5.41, 5.74) is 3.41. The second kappa shape index (κ2) is 13.6. The second-order valence-electron chi connectivity index (χ2n) is 14.5. The number of hydrogen-bond donors (Lipinski definition) is 0. The Morgan fingerprint density at radius 2 is 1.66 bits per heavy atom. The zero-order valence-electron chi connectivity index (χ0n) is 28.0. The first-order valence-electron chi connectivity index (χ1n) is 17.6. The zero-order chi connectivity index (χ0) is 32.5. The molecule has 4 aliphatic rings. The van der Waals surface area contributed by atoms with E-state index < -0.39 is 0 Å². The van der Waals surface area contributed by atoms with Crippen molar-refractivity contribution in [3.63, 3.8) is 0 Å². The van der Waals surface area contributed by atoms with Gasteiger partial charge in [0.05, 0.1) is 12.8 Å². The molecule has 250 valence electrons. The van der Waals surface area contributed by atoms with Crippen LogP contribution in [0.5, 0.6) is 5.75 Å². The van der Waals surface area contributed by atoms with Crippen LogP contribution in [0.2, 0.25) is 0 Å². The Labute approximate surface area is 277 Å². The van der Waals surface area contributed by atoms with E-state index in [-0.39, 0.29) is 24.0 Å². The first kappa shape index (κ1) is 31.6. The Balaban J connectivity index is 1.04. The summed E-state index contributed by atoms with van der Waals surface area (Å²) in [4.78, 5) is 39.9. The highest BCUT2D eigenvalue weighted by atomic mass is 16.6. The number of anilines is 1. The van der Waals surface area contributed by atoms with E-state index in [1.54, 1.807) is 24.5 Å². The lowest BCUT2D eigenvalue weighted by Gasteiger charge is -2.38. The third-order valence-corrected chi connectivity index (χ3v) is 10.8. The van der Waals surface area contributed by atoms with E-state index >= 15 is 0 Å². The molecule has 1 saturated heterocycles. The maximum atomic E-state index is 14.4. The van der Waals surface area contributed by atoms with Crippen LogP contribution in [0.4, 0.5) is 10.6 Å². The van der Waals surface area contributed by atoms with Crippen LogP contribution in [0.15, 0.2) is 42.9 Å². The van der Waals surface area contributed by atoms with Crippen LogP contribution < -0.4 is 9.64 Å². The topological polar surface area (TPSA) is 103 Å². The fourth-order valence-corrected chi connectivity index (χ4v) is 7.73. The van der Waals surface area contributed by atoms with Crippen molar-refractivity contribution in [1.29, 1.82) is 0 Å². The SMILES string of the molecule is COc1ccc(C2CCC(CN(C(=O)C3CCC(OC(=O)N4CC(C)C4)CC3)c3cc(-n4cnc(C5CC5)n4)ccn3)CC2)cc1C. The van der Waals surface area contributed by atoms with Gasteiger partial charge < -0.3 is 14.4 Å². The summed E-state index contributed by atoms with van der Waals surface area (Å²) in [7, 11) is 1.72. The molecule has 3 aliphatic carbocycles. The van der Waals surface area contributed by atoms with Gasteiger partial charge in [0.25, 0.3) is 0 Å². The van der Waals surface area contributed by atoms with Gasteiger partial charge in [-0.25, -0.2) is 19.4 Å². The number of ether oxygens (including phenoxy) is 2. The molecule has 2 aromatic heterocycles. The van der Waals surface area contributed by atoms with E-state index in [1.165, 1.54) is 11.1 Å². The highest BCUT2D eigenvalue weighted by Crippen LogP contribution is 2.40. The maximum Gasteiger partial charge on any atom is 0.410 e. The number of nitrogens with zero attached hydrogens (tertiary/aromatic N) is 6. The Kier molecular flexibility index (Phi) is 9.19. The lowest BCUT2D eigenvalue weighted by atomic mass is 9.78. The number of likely N-dealkylation sites (tertiary alicyclic amines) is 1. The van der Waals surface area contributed by atoms with Crippen LogP contribution in [0, 0.1) is 24.7 Å². The van der Waals surface area contributed by atoms with E-state index in [1.807, 2.05) is 21.7 Å². The van der Waals surface area contributed by atoms with Crippen LogP contribution in [0.1, 0.15) is 99.9 Å². The maximum absolute atomic E-state index is 14.4. The summed E-state index contributed by atoms with van der Waals surface area (Å²) in [6, 6.07) is 10.5. The number of methoxy groups -OCH3 is 1. The van der Waals surface area contributed by atoms with E-state index in [4.69, 9.17) is 19.6 Å². The molecule has 4 fully saturated rings. The number of benzene rings is 1. The van der Waals surface area contributed by atoms with Crippen molar-refractivity contribution < 1.29 is 19.1 Å². The van der Waals surface area contributed by atoms with E-state index in [0.717, 1.165) is 68.9 Å². The largest absolute Gasteiger partial charge is 0.496 e. The minimum atomic E-state index is -0.209. The van der Waals surface area contributed by atoms with Crippen LogP contribution >= 0.6 is 0 Å². The average Bonchev–Trinajstić information content (AvgIpc) is 3.81. The summed E-state index contributed by atoms with van der Waals surface area (Å²) in [5, 5.41) is 4.73. The van der Waals surface area contributed by atoms with Crippen LogP contribution in [0.25, 0.3) is 5.69 Å². The molecule has 0 bridgehead atoms. The van der Waals surface area contributed by atoms with Gasteiger partial charge in [-0.05, 0) is 112 Å². The predicted octanol–water partition coefficient (Wildman–Crippen LogP) is 6.81. The molecule has 3 heterocycles. The van der Waals surface area contributed by atoms with Gasteiger partial charge in [-0.15, -0.1) is 0 Å². The second-order valence-corrected chi connectivity index (χ2v) is 14.5. The number of rotatable bonds is 9. The van der Waals surface area contributed by atoms with E-state index in [2.05, 4.69) is 37.0 Å². The summed E-state index contributed by atoms with van der Waals surface area (Å²) >= 11 is 0. The Morgan fingerprint density at radius 1 is 0.915 bits per heavy atom. The molecule has 1 aromatic carbocycles. The lowest BCUT2D eigenvalue weighted by Crippen LogP contribution is -2.50. The quantitative estimate of drug-likeness (QED) is 0.253. The minimum Gasteiger partial charge on any atom is -0.496 e. The van der Waals surface area contributed by atoms with Crippen LogP contribution in [-0.4, -0.2) is 69.5 Å². The normalized spacial score (nSPS) is 24.8. The summed E-state index contributed by atoms with van der Waals surface area (Å²) in [6.45, 7) is 6.44. The Morgan fingerprint density at radius 3 is 2.34 bits per heavy atom. The summed E-state index contributed by atoms with van der Waals surface area (Å²) in [6.07, 6.45) is 12.7. The highest BCUT2D eigenvalue weighted by molar-refractivity contribution is 5.94.